The standard InChI is InChI=1S/C17H34O/c1-3-4-5-6-7-8-9-10-11-16-12-14-17(18-2)15-13-16/h16-17H,3-15H2,1-2H3. The minimum atomic E-state index is 0.569. The molecule has 1 nitrogen and oxygen atoms in total. The highest BCUT2D eigenvalue weighted by Gasteiger charge is 2.19. The van der Waals surface area contributed by atoms with Crippen molar-refractivity contribution in [2.45, 2.75) is 96.5 Å². The molecule has 0 radical (unpaired) electrons. The summed E-state index contributed by atoms with van der Waals surface area (Å²) in [5.74, 6) is 1.01. The molecule has 0 N–H and O–H groups in total. The lowest BCUT2D eigenvalue weighted by Crippen LogP contribution is -2.20. The zero-order chi connectivity index (χ0) is 13.1. The Morgan fingerprint density at radius 3 is 1.89 bits per heavy atom. The van der Waals surface area contributed by atoms with E-state index in [0.717, 1.165) is 5.92 Å². The maximum atomic E-state index is 5.43. The van der Waals surface area contributed by atoms with Gasteiger partial charge in [-0.25, -0.2) is 0 Å². The molecule has 0 aliphatic heterocycles. The van der Waals surface area contributed by atoms with Gasteiger partial charge in [0.05, 0.1) is 6.10 Å². The molecule has 1 saturated carbocycles. The van der Waals surface area contributed by atoms with Crippen LogP contribution in [0.15, 0.2) is 0 Å². The average molecular weight is 254 g/mol. The van der Waals surface area contributed by atoms with E-state index >= 15 is 0 Å². The summed E-state index contributed by atoms with van der Waals surface area (Å²) in [6.45, 7) is 2.29. The van der Waals surface area contributed by atoms with Crippen LogP contribution in [0.5, 0.6) is 0 Å². The number of unbranched alkanes of at least 4 members (excludes halogenated alkanes) is 7. The second-order valence-electron chi connectivity index (χ2n) is 6.14. The van der Waals surface area contributed by atoms with Crippen LogP contribution in [0.4, 0.5) is 0 Å². The molecule has 1 rings (SSSR count). The van der Waals surface area contributed by atoms with Crippen LogP contribution in [0.1, 0.15) is 90.4 Å². The molecule has 1 aliphatic carbocycles. The Hall–Kier alpha value is -0.0400. The highest BCUT2D eigenvalue weighted by Crippen LogP contribution is 2.29. The van der Waals surface area contributed by atoms with Gasteiger partial charge in [-0.2, -0.15) is 0 Å². The molecular formula is C17H34O. The van der Waals surface area contributed by atoms with Crippen molar-refractivity contribution in [1.82, 2.24) is 0 Å². The van der Waals surface area contributed by atoms with Gasteiger partial charge in [0.2, 0.25) is 0 Å². The van der Waals surface area contributed by atoms with Crippen LogP contribution >= 0.6 is 0 Å². The van der Waals surface area contributed by atoms with Gasteiger partial charge in [0.25, 0.3) is 0 Å². The molecule has 0 atom stereocenters. The molecule has 1 fully saturated rings. The normalized spacial score (nSPS) is 24.3. The summed E-state index contributed by atoms with van der Waals surface area (Å²) in [6.07, 6.45) is 19.1. The first-order chi connectivity index (χ1) is 8.86. The van der Waals surface area contributed by atoms with E-state index in [0.29, 0.717) is 6.10 Å². The molecule has 1 heteroatoms. The fourth-order valence-corrected chi connectivity index (χ4v) is 3.22. The lowest BCUT2D eigenvalue weighted by molar-refractivity contribution is 0.0551. The fourth-order valence-electron chi connectivity index (χ4n) is 3.22. The highest BCUT2D eigenvalue weighted by molar-refractivity contribution is 4.72. The maximum absolute atomic E-state index is 5.43. The van der Waals surface area contributed by atoms with Crippen molar-refractivity contribution in [1.29, 1.82) is 0 Å². The van der Waals surface area contributed by atoms with Gasteiger partial charge in [-0.15, -0.1) is 0 Å². The summed E-state index contributed by atoms with van der Waals surface area (Å²) in [6, 6.07) is 0. The summed E-state index contributed by atoms with van der Waals surface area (Å²) in [4.78, 5) is 0. The van der Waals surface area contributed by atoms with Gasteiger partial charge in [-0.3, -0.25) is 0 Å². The summed E-state index contributed by atoms with van der Waals surface area (Å²) in [5.41, 5.74) is 0. The van der Waals surface area contributed by atoms with Crippen molar-refractivity contribution in [3.63, 3.8) is 0 Å². The zero-order valence-corrected chi connectivity index (χ0v) is 12.8. The molecule has 0 spiro atoms. The largest absolute Gasteiger partial charge is 0.381 e. The first-order valence-electron chi connectivity index (χ1n) is 8.39. The third-order valence-electron chi connectivity index (χ3n) is 4.59. The quantitative estimate of drug-likeness (QED) is 0.453. The van der Waals surface area contributed by atoms with Gasteiger partial charge in [0.1, 0.15) is 0 Å². The Morgan fingerprint density at radius 1 is 0.778 bits per heavy atom. The van der Waals surface area contributed by atoms with Gasteiger partial charge in [0, 0.05) is 7.11 Å². The molecule has 0 amide bonds. The number of ether oxygens (including phenoxy) is 1. The number of methoxy groups -OCH3 is 1. The second-order valence-corrected chi connectivity index (χ2v) is 6.14. The van der Waals surface area contributed by atoms with Crippen molar-refractivity contribution in [2.24, 2.45) is 5.92 Å². The number of hydrogen-bond acceptors (Lipinski definition) is 1. The van der Waals surface area contributed by atoms with Crippen molar-refractivity contribution >= 4 is 0 Å². The zero-order valence-electron chi connectivity index (χ0n) is 12.8. The molecule has 0 unspecified atom stereocenters. The minimum absolute atomic E-state index is 0.569. The molecule has 0 aromatic heterocycles. The van der Waals surface area contributed by atoms with E-state index in [2.05, 4.69) is 6.92 Å². The maximum Gasteiger partial charge on any atom is 0.0571 e. The third-order valence-corrected chi connectivity index (χ3v) is 4.59. The fraction of sp³-hybridized carbons (Fsp3) is 1.00. The topological polar surface area (TPSA) is 9.23 Å². The summed E-state index contributed by atoms with van der Waals surface area (Å²) >= 11 is 0. The van der Waals surface area contributed by atoms with Crippen molar-refractivity contribution in [3.8, 4) is 0 Å². The van der Waals surface area contributed by atoms with E-state index in [9.17, 15) is 0 Å². The highest BCUT2D eigenvalue weighted by atomic mass is 16.5. The average Bonchev–Trinajstić information content (AvgIpc) is 2.42. The van der Waals surface area contributed by atoms with Crippen LogP contribution in [0, 0.1) is 5.92 Å². The smallest absolute Gasteiger partial charge is 0.0571 e. The predicted molar refractivity (Wildman–Crippen MR) is 80.0 cm³/mol. The third kappa shape index (κ3) is 7.41. The van der Waals surface area contributed by atoms with Gasteiger partial charge in [-0.1, -0.05) is 64.7 Å². The van der Waals surface area contributed by atoms with Gasteiger partial charge >= 0.3 is 0 Å². The van der Waals surface area contributed by atoms with Crippen LogP contribution in [0.2, 0.25) is 0 Å². The monoisotopic (exact) mass is 254 g/mol. The lowest BCUT2D eigenvalue weighted by atomic mass is 9.84. The number of hydrogen-bond donors (Lipinski definition) is 0. The van der Waals surface area contributed by atoms with Gasteiger partial charge < -0.3 is 4.74 Å². The Morgan fingerprint density at radius 2 is 1.33 bits per heavy atom. The van der Waals surface area contributed by atoms with E-state index in [1.807, 2.05) is 7.11 Å². The van der Waals surface area contributed by atoms with Gasteiger partial charge in [-0.05, 0) is 31.6 Å². The summed E-state index contributed by atoms with van der Waals surface area (Å²) in [7, 11) is 1.86. The van der Waals surface area contributed by atoms with E-state index in [-0.39, 0.29) is 0 Å². The van der Waals surface area contributed by atoms with Crippen LogP contribution in [0.25, 0.3) is 0 Å². The molecule has 0 aromatic rings. The Balaban J connectivity index is 1.84. The summed E-state index contributed by atoms with van der Waals surface area (Å²) in [5, 5.41) is 0. The second kappa shape index (κ2) is 10.8. The molecule has 1 aliphatic rings. The van der Waals surface area contributed by atoms with Crippen LogP contribution < -0.4 is 0 Å². The summed E-state index contributed by atoms with van der Waals surface area (Å²) < 4.78 is 5.43. The van der Waals surface area contributed by atoms with E-state index in [1.165, 1.54) is 83.5 Å². The SMILES string of the molecule is CCCCCCCCCCC1CCC(OC)CC1. The first kappa shape index (κ1) is 16.0. The molecular weight excluding hydrogens is 220 g/mol. The van der Waals surface area contributed by atoms with E-state index < -0.39 is 0 Å². The lowest BCUT2D eigenvalue weighted by Gasteiger charge is -2.27. The first-order valence-corrected chi connectivity index (χ1v) is 8.39. The van der Waals surface area contributed by atoms with Gasteiger partial charge in [0.15, 0.2) is 0 Å². The molecule has 18 heavy (non-hydrogen) atoms. The van der Waals surface area contributed by atoms with Crippen LogP contribution in [0.3, 0.4) is 0 Å². The molecule has 0 aromatic carbocycles. The predicted octanol–water partition coefficient (Wildman–Crippen LogP) is 5.72. The Kier molecular flexibility index (Phi) is 9.65. The van der Waals surface area contributed by atoms with Crippen LogP contribution in [-0.2, 0) is 4.74 Å². The molecule has 0 heterocycles. The Bertz CT molecular complexity index is 170. The van der Waals surface area contributed by atoms with E-state index in [1.54, 1.807) is 0 Å². The minimum Gasteiger partial charge on any atom is -0.381 e. The van der Waals surface area contributed by atoms with Crippen LogP contribution in [-0.4, -0.2) is 13.2 Å². The van der Waals surface area contributed by atoms with E-state index in [4.69, 9.17) is 4.74 Å². The van der Waals surface area contributed by atoms with Crippen molar-refractivity contribution in [2.75, 3.05) is 7.11 Å². The molecule has 0 bridgehead atoms. The van der Waals surface area contributed by atoms with Crippen molar-refractivity contribution in [3.05, 3.63) is 0 Å². The Labute approximate surface area is 115 Å². The molecule has 0 saturated heterocycles. The molecule has 108 valence electrons. The number of rotatable bonds is 10. The van der Waals surface area contributed by atoms with Crippen molar-refractivity contribution < 1.29 is 4.74 Å².